The number of hydrogen-bond acceptors (Lipinski definition) is 7. The summed E-state index contributed by atoms with van der Waals surface area (Å²) in [5, 5.41) is 2.39. The first-order valence-electron chi connectivity index (χ1n) is 12.8. The van der Waals surface area contributed by atoms with Crippen molar-refractivity contribution in [2.75, 3.05) is 13.7 Å². The summed E-state index contributed by atoms with van der Waals surface area (Å²) in [6.07, 6.45) is 1.53. The van der Waals surface area contributed by atoms with E-state index in [0.29, 0.717) is 11.1 Å². The number of carbonyl (C=O) groups excluding carboxylic acids is 4. The summed E-state index contributed by atoms with van der Waals surface area (Å²) in [5.41, 5.74) is -0.725. The van der Waals surface area contributed by atoms with Gasteiger partial charge >= 0.3 is 18.0 Å². The fourth-order valence-electron chi connectivity index (χ4n) is 3.45. The molecule has 0 bridgehead atoms. The molecular weight excluding hydrogens is 555 g/mol. The number of alkyl carbamates (subject to hydrolysis) is 1. The van der Waals surface area contributed by atoms with E-state index in [-0.39, 0.29) is 23.7 Å². The Hall–Kier alpha value is -3.92. The van der Waals surface area contributed by atoms with Gasteiger partial charge in [0.05, 0.1) is 24.2 Å². The van der Waals surface area contributed by atoms with Crippen LogP contribution in [-0.4, -0.2) is 59.7 Å². The Bertz CT molecular complexity index is 1280. The summed E-state index contributed by atoms with van der Waals surface area (Å²) >= 11 is 5.85. The van der Waals surface area contributed by atoms with E-state index in [0.717, 1.165) is 6.08 Å². The van der Waals surface area contributed by atoms with Gasteiger partial charge in [0.2, 0.25) is 5.91 Å². The molecule has 222 valence electrons. The van der Waals surface area contributed by atoms with Gasteiger partial charge in [0, 0.05) is 18.2 Å². The topological polar surface area (TPSA) is 111 Å². The highest BCUT2D eigenvalue weighted by molar-refractivity contribution is 6.30. The molecule has 2 amide bonds. The van der Waals surface area contributed by atoms with E-state index in [9.17, 15) is 23.6 Å². The molecule has 0 saturated carbocycles. The van der Waals surface area contributed by atoms with Gasteiger partial charge in [-0.1, -0.05) is 35.9 Å². The van der Waals surface area contributed by atoms with Gasteiger partial charge in [-0.3, -0.25) is 4.79 Å². The second-order valence-corrected chi connectivity index (χ2v) is 11.5. The zero-order chi connectivity index (χ0) is 31.0. The maximum absolute atomic E-state index is 14.4. The van der Waals surface area contributed by atoms with Crippen LogP contribution in [0.1, 0.15) is 63.0 Å². The number of nitrogens with one attached hydrogen (secondary N) is 1. The van der Waals surface area contributed by atoms with E-state index in [1.54, 1.807) is 59.7 Å². The zero-order valence-corrected chi connectivity index (χ0v) is 25.0. The van der Waals surface area contributed by atoms with Crippen molar-refractivity contribution in [1.82, 2.24) is 10.2 Å². The van der Waals surface area contributed by atoms with E-state index in [1.165, 1.54) is 42.4 Å². The molecule has 0 heterocycles. The molecule has 1 atom stereocenters. The fourth-order valence-corrected chi connectivity index (χ4v) is 3.64. The van der Waals surface area contributed by atoms with Crippen molar-refractivity contribution < 1.29 is 37.8 Å². The van der Waals surface area contributed by atoms with Crippen LogP contribution in [0.25, 0.3) is 6.08 Å². The smallest absolute Gasteiger partial charge is 0.408 e. The van der Waals surface area contributed by atoms with Crippen molar-refractivity contribution in [3.05, 3.63) is 76.1 Å². The number of amides is 2. The summed E-state index contributed by atoms with van der Waals surface area (Å²) in [5.74, 6) is -2.60. The highest BCUT2D eigenvalue weighted by Crippen LogP contribution is 2.20. The van der Waals surface area contributed by atoms with Crippen LogP contribution in [0.2, 0.25) is 5.02 Å². The molecule has 0 unspecified atom stereocenters. The average Bonchev–Trinajstić information content (AvgIpc) is 2.86. The van der Waals surface area contributed by atoms with Crippen LogP contribution in [0, 0.1) is 5.82 Å². The molecule has 2 aromatic carbocycles. The molecule has 0 spiro atoms. The molecule has 0 aliphatic carbocycles. The Labute approximate surface area is 244 Å². The number of rotatable bonds is 9. The number of nitrogens with zero attached hydrogens (tertiary/aromatic N) is 1. The van der Waals surface area contributed by atoms with Crippen LogP contribution in [-0.2, 0) is 30.3 Å². The van der Waals surface area contributed by atoms with E-state index in [4.69, 9.17) is 25.8 Å². The maximum atomic E-state index is 14.4. The highest BCUT2D eigenvalue weighted by atomic mass is 35.5. The molecule has 9 nitrogen and oxygen atoms in total. The van der Waals surface area contributed by atoms with Crippen LogP contribution in [0.15, 0.2) is 48.5 Å². The van der Waals surface area contributed by atoms with E-state index < -0.39 is 47.0 Å². The van der Waals surface area contributed by atoms with Crippen LogP contribution in [0.4, 0.5) is 9.18 Å². The SMILES string of the molecule is COC(=O)c1ccc(CN(C[C@H](NC(=O)OC(C)(C)C)C(=O)OC(C)(C)C)C(=O)/C=C/c2cccc(Cl)c2F)cc1. The van der Waals surface area contributed by atoms with Crippen molar-refractivity contribution in [2.45, 2.75) is 65.3 Å². The number of methoxy groups -OCH3 is 1. The van der Waals surface area contributed by atoms with Gasteiger partial charge < -0.3 is 24.4 Å². The lowest BCUT2D eigenvalue weighted by Gasteiger charge is -2.30. The lowest BCUT2D eigenvalue weighted by molar-refractivity contribution is -0.158. The quantitative estimate of drug-likeness (QED) is 0.232. The Balaban J connectivity index is 2.43. The van der Waals surface area contributed by atoms with Gasteiger partial charge in [-0.05, 0) is 71.4 Å². The van der Waals surface area contributed by atoms with Crippen molar-refractivity contribution >= 4 is 41.6 Å². The van der Waals surface area contributed by atoms with Gasteiger partial charge in [-0.2, -0.15) is 0 Å². The number of benzene rings is 2. The first-order valence-corrected chi connectivity index (χ1v) is 13.2. The first kappa shape index (κ1) is 33.3. The van der Waals surface area contributed by atoms with Crippen molar-refractivity contribution in [1.29, 1.82) is 0 Å². The molecule has 41 heavy (non-hydrogen) atoms. The molecule has 1 N–H and O–H groups in total. The molecule has 2 rings (SSSR count). The molecule has 0 radical (unpaired) electrons. The van der Waals surface area contributed by atoms with E-state index in [2.05, 4.69) is 5.32 Å². The number of esters is 2. The van der Waals surface area contributed by atoms with Gasteiger partial charge in [0.15, 0.2) is 0 Å². The molecule has 0 aromatic heterocycles. The molecule has 0 fully saturated rings. The minimum atomic E-state index is -1.31. The standard InChI is InChI=1S/C30H36ClFN2O7/c1-29(2,3)40-27(37)23(33-28(38)41-30(4,5)6)18-34(17-19-11-13-21(14-12-19)26(36)39-7)24(35)16-15-20-9-8-10-22(31)25(20)32/h8-16,23H,17-18H2,1-7H3,(H,33,38)/b16-15+/t23-/m0/s1. The number of carbonyl (C=O) groups is 4. The number of ether oxygens (including phenoxy) is 3. The van der Waals surface area contributed by atoms with Crippen molar-refractivity contribution in [3.8, 4) is 0 Å². The summed E-state index contributed by atoms with van der Waals surface area (Å²) in [6, 6.07) is 9.38. The fraction of sp³-hybridized carbons (Fsp3) is 0.400. The lowest BCUT2D eigenvalue weighted by atomic mass is 10.1. The summed E-state index contributed by atoms with van der Waals surface area (Å²) < 4.78 is 29.9. The Morgan fingerprint density at radius 2 is 1.59 bits per heavy atom. The third-order valence-electron chi connectivity index (χ3n) is 5.23. The summed E-state index contributed by atoms with van der Waals surface area (Å²) in [4.78, 5) is 52.2. The first-order chi connectivity index (χ1) is 19.0. The molecule has 0 aliphatic rings. The van der Waals surface area contributed by atoms with Crippen LogP contribution < -0.4 is 5.32 Å². The summed E-state index contributed by atoms with van der Waals surface area (Å²) in [7, 11) is 1.26. The van der Waals surface area contributed by atoms with Crippen molar-refractivity contribution in [2.24, 2.45) is 0 Å². The van der Waals surface area contributed by atoms with E-state index >= 15 is 0 Å². The molecule has 2 aromatic rings. The largest absolute Gasteiger partial charge is 0.465 e. The van der Waals surface area contributed by atoms with Crippen LogP contribution in [0.5, 0.6) is 0 Å². The van der Waals surface area contributed by atoms with Gasteiger partial charge in [0.1, 0.15) is 23.1 Å². The lowest BCUT2D eigenvalue weighted by Crippen LogP contribution is -2.52. The average molecular weight is 591 g/mol. The molecule has 0 saturated heterocycles. The third-order valence-corrected chi connectivity index (χ3v) is 5.52. The number of halogens is 2. The highest BCUT2D eigenvalue weighted by Gasteiger charge is 2.31. The molecule has 11 heteroatoms. The Kier molecular flexibility index (Phi) is 11.5. The maximum Gasteiger partial charge on any atom is 0.408 e. The van der Waals surface area contributed by atoms with Crippen LogP contribution in [0.3, 0.4) is 0 Å². The second kappa shape index (κ2) is 14.1. The predicted molar refractivity (Wildman–Crippen MR) is 153 cm³/mol. The van der Waals surface area contributed by atoms with Crippen LogP contribution >= 0.6 is 11.6 Å². The molecule has 0 aliphatic heterocycles. The van der Waals surface area contributed by atoms with Crippen molar-refractivity contribution in [3.63, 3.8) is 0 Å². The van der Waals surface area contributed by atoms with Gasteiger partial charge in [0.25, 0.3) is 0 Å². The minimum Gasteiger partial charge on any atom is -0.465 e. The molecular formula is C30H36ClFN2O7. The summed E-state index contributed by atoms with van der Waals surface area (Å²) in [6.45, 7) is 9.68. The Morgan fingerprint density at radius 3 is 2.15 bits per heavy atom. The second-order valence-electron chi connectivity index (χ2n) is 11.1. The third kappa shape index (κ3) is 11.2. The normalized spacial score (nSPS) is 12.4. The van der Waals surface area contributed by atoms with Gasteiger partial charge in [-0.15, -0.1) is 0 Å². The zero-order valence-electron chi connectivity index (χ0n) is 24.2. The van der Waals surface area contributed by atoms with E-state index in [1.807, 2.05) is 0 Å². The Morgan fingerprint density at radius 1 is 0.976 bits per heavy atom. The monoisotopic (exact) mass is 590 g/mol. The number of hydrogen-bond donors (Lipinski definition) is 1. The predicted octanol–water partition coefficient (Wildman–Crippen LogP) is 5.54. The minimum absolute atomic E-state index is 0.0298. The van der Waals surface area contributed by atoms with Gasteiger partial charge in [-0.25, -0.2) is 18.8 Å².